The van der Waals surface area contributed by atoms with Gasteiger partial charge in [0.05, 0.1) is 18.8 Å². The van der Waals surface area contributed by atoms with Crippen LogP contribution >= 0.6 is 0 Å². The Balaban J connectivity index is 2.22. The van der Waals surface area contributed by atoms with E-state index < -0.39 is 11.6 Å². The van der Waals surface area contributed by atoms with Gasteiger partial charge in [0.2, 0.25) is 5.91 Å². The summed E-state index contributed by atoms with van der Waals surface area (Å²) >= 11 is 0. The lowest BCUT2D eigenvalue weighted by Gasteiger charge is -2.30. The molecule has 0 aliphatic heterocycles. The topological polar surface area (TPSA) is 84.6 Å². The van der Waals surface area contributed by atoms with Gasteiger partial charge in [0.1, 0.15) is 0 Å². The molecule has 1 saturated carbocycles. The molecule has 3 atom stereocenters. The van der Waals surface area contributed by atoms with Crippen LogP contribution in [0, 0.1) is 5.92 Å². The Morgan fingerprint density at radius 2 is 2.10 bits per heavy atom. The summed E-state index contributed by atoms with van der Waals surface area (Å²) in [7, 11) is 0. The van der Waals surface area contributed by atoms with Crippen molar-refractivity contribution >= 4 is 5.91 Å². The highest BCUT2D eigenvalue weighted by molar-refractivity contribution is 5.74. The molecule has 0 aromatic rings. The van der Waals surface area contributed by atoms with E-state index in [4.69, 9.17) is 10.5 Å². The zero-order valence-corrected chi connectivity index (χ0v) is 13.0. The SMILES string of the molecule is CC1CCCCC1OCC(O)CNC(C)(C)CC(N)=O. The third kappa shape index (κ3) is 6.68. The van der Waals surface area contributed by atoms with Crippen LogP contribution in [0.3, 0.4) is 0 Å². The smallest absolute Gasteiger partial charge is 0.219 e. The minimum atomic E-state index is -0.559. The van der Waals surface area contributed by atoms with E-state index in [1.165, 1.54) is 19.3 Å². The Morgan fingerprint density at radius 1 is 1.45 bits per heavy atom. The quantitative estimate of drug-likeness (QED) is 0.625. The van der Waals surface area contributed by atoms with Crippen LogP contribution in [-0.2, 0) is 9.53 Å². The van der Waals surface area contributed by atoms with Gasteiger partial charge in [-0.3, -0.25) is 4.79 Å². The first-order chi connectivity index (χ1) is 9.30. The molecule has 5 heteroatoms. The van der Waals surface area contributed by atoms with E-state index in [0.717, 1.165) is 6.42 Å². The van der Waals surface area contributed by atoms with Crippen molar-refractivity contribution in [2.24, 2.45) is 11.7 Å². The number of hydrogen-bond acceptors (Lipinski definition) is 4. The van der Waals surface area contributed by atoms with Crippen molar-refractivity contribution in [2.45, 2.75) is 70.6 Å². The molecule has 0 aromatic heterocycles. The van der Waals surface area contributed by atoms with E-state index in [1.807, 2.05) is 13.8 Å². The fourth-order valence-electron chi connectivity index (χ4n) is 2.72. The fourth-order valence-corrected chi connectivity index (χ4v) is 2.72. The molecule has 1 rings (SSSR count). The molecule has 118 valence electrons. The van der Waals surface area contributed by atoms with Crippen molar-refractivity contribution in [1.82, 2.24) is 5.32 Å². The van der Waals surface area contributed by atoms with Crippen LogP contribution in [0.1, 0.15) is 52.9 Å². The molecule has 0 heterocycles. The van der Waals surface area contributed by atoms with E-state index in [2.05, 4.69) is 12.2 Å². The van der Waals surface area contributed by atoms with Gasteiger partial charge >= 0.3 is 0 Å². The Morgan fingerprint density at radius 3 is 2.70 bits per heavy atom. The highest BCUT2D eigenvalue weighted by atomic mass is 16.5. The number of nitrogens with two attached hydrogens (primary N) is 1. The summed E-state index contributed by atoms with van der Waals surface area (Å²) in [6.07, 6.45) is 4.77. The number of β-amino-alcohol motifs (C(OH)–C–C–N with tert-alkyl or cyclic N) is 1. The highest BCUT2D eigenvalue weighted by Gasteiger charge is 2.24. The maximum atomic E-state index is 10.9. The van der Waals surface area contributed by atoms with Crippen LogP contribution in [0.5, 0.6) is 0 Å². The third-order valence-electron chi connectivity index (χ3n) is 3.97. The zero-order valence-electron chi connectivity index (χ0n) is 13.0. The molecule has 5 nitrogen and oxygen atoms in total. The number of primary amides is 1. The second-order valence-corrected chi connectivity index (χ2v) is 6.70. The Labute approximate surface area is 122 Å². The lowest BCUT2D eigenvalue weighted by molar-refractivity contribution is -0.119. The van der Waals surface area contributed by atoms with Crippen molar-refractivity contribution in [3.8, 4) is 0 Å². The Bertz CT molecular complexity index is 307. The van der Waals surface area contributed by atoms with Gasteiger partial charge in [-0.15, -0.1) is 0 Å². The van der Waals surface area contributed by atoms with Crippen LogP contribution in [-0.4, -0.2) is 41.9 Å². The predicted molar refractivity (Wildman–Crippen MR) is 79.3 cm³/mol. The Kier molecular flexibility index (Phi) is 6.92. The number of carbonyl (C=O) groups is 1. The van der Waals surface area contributed by atoms with Crippen LogP contribution < -0.4 is 11.1 Å². The number of rotatable bonds is 8. The third-order valence-corrected chi connectivity index (χ3v) is 3.97. The monoisotopic (exact) mass is 286 g/mol. The largest absolute Gasteiger partial charge is 0.389 e. The molecule has 0 aromatic carbocycles. The molecule has 1 aliphatic carbocycles. The summed E-state index contributed by atoms with van der Waals surface area (Å²) in [5, 5.41) is 13.1. The van der Waals surface area contributed by atoms with Crippen LogP contribution in [0.25, 0.3) is 0 Å². The average Bonchev–Trinajstić information content (AvgIpc) is 2.34. The molecule has 0 radical (unpaired) electrons. The molecule has 4 N–H and O–H groups in total. The summed E-state index contributed by atoms with van der Waals surface area (Å²) in [5.74, 6) is 0.236. The van der Waals surface area contributed by atoms with E-state index in [-0.39, 0.29) is 18.4 Å². The lowest BCUT2D eigenvalue weighted by Crippen LogP contribution is -2.47. The Hall–Kier alpha value is -0.650. The van der Waals surface area contributed by atoms with Gasteiger partial charge in [-0.05, 0) is 32.6 Å². The molecular weight excluding hydrogens is 256 g/mol. The van der Waals surface area contributed by atoms with E-state index in [9.17, 15) is 9.90 Å². The number of nitrogens with one attached hydrogen (secondary N) is 1. The predicted octanol–water partition coefficient (Wildman–Crippen LogP) is 1.19. The minimum Gasteiger partial charge on any atom is -0.389 e. The molecular formula is C15H30N2O3. The number of hydrogen-bond donors (Lipinski definition) is 3. The maximum absolute atomic E-state index is 10.9. The lowest BCUT2D eigenvalue weighted by atomic mass is 9.88. The highest BCUT2D eigenvalue weighted by Crippen LogP contribution is 2.26. The van der Waals surface area contributed by atoms with Crippen molar-refractivity contribution in [1.29, 1.82) is 0 Å². The average molecular weight is 286 g/mol. The zero-order chi connectivity index (χ0) is 15.2. The van der Waals surface area contributed by atoms with Crippen LogP contribution in [0.4, 0.5) is 0 Å². The minimum absolute atomic E-state index is 0.250. The summed E-state index contributed by atoms with van der Waals surface area (Å²) in [4.78, 5) is 10.9. The van der Waals surface area contributed by atoms with Crippen molar-refractivity contribution < 1.29 is 14.6 Å². The maximum Gasteiger partial charge on any atom is 0.219 e. The normalized spacial score (nSPS) is 25.4. The van der Waals surface area contributed by atoms with Gasteiger partial charge in [-0.25, -0.2) is 0 Å². The standard InChI is InChI=1S/C15H30N2O3/c1-11-6-4-5-7-13(11)20-10-12(18)9-17-15(2,3)8-14(16)19/h11-13,17-18H,4-10H2,1-3H3,(H2,16,19). The first kappa shape index (κ1) is 17.4. The number of amides is 1. The molecule has 1 aliphatic rings. The summed E-state index contributed by atoms with van der Waals surface area (Å²) in [5.41, 5.74) is 4.79. The number of ether oxygens (including phenoxy) is 1. The van der Waals surface area contributed by atoms with Gasteiger partial charge in [0.15, 0.2) is 0 Å². The molecule has 0 spiro atoms. The molecule has 1 fully saturated rings. The van der Waals surface area contributed by atoms with Crippen LogP contribution in [0.2, 0.25) is 0 Å². The first-order valence-corrected chi connectivity index (χ1v) is 7.63. The van der Waals surface area contributed by atoms with Gasteiger partial charge < -0.3 is 20.9 Å². The molecule has 3 unspecified atom stereocenters. The van der Waals surface area contributed by atoms with E-state index in [0.29, 0.717) is 19.1 Å². The number of carbonyl (C=O) groups excluding carboxylic acids is 1. The summed E-state index contributed by atoms with van der Waals surface area (Å²) < 4.78 is 5.82. The summed E-state index contributed by atoms with van der Waals surface area (Å²) in [6, 6.07) is 0. The van der Waals surface area contributed by atoms with Gasteiger partial charge in [0, 0.05) is 18.5 Å². The summed E-state index contributed by atoms with van der Waals surface area (Å²) in [6.45, 7) is 6.75. The number of aliphatic hydroxyl groups excluding tert-OH is 1. The fraction of sp³-hybridized carbons (Fsp3) is 0.933. The van der Waals surface area contributed by atoms with Crippen molar-refractivity contribution in [3.05, 3.63) is 0 Å². The molecule has 0 saturated heterocycles. The van der Waals surface area contributed by atoms with Crippen LogP contribution in [0.15, 0.2) is 0 Å². The van der Waals surface area contributed by atoms with Gasteiger partial charge in [-0.1, -0.05) is 19.8 Å². The molecule has 1 amide bonds. The molecule has 0 bridgehead atoms. The van der Waals surface area contributed by atoms with E-state index in [1.54, 1.807) is 0 Å². The van der Waals surface area contributed by atoms with Gasteiger partial charge in [0.25, 0.3) is 0 Å². The number of aliphatic hydroxyl groups is 1. The molecule has 20 heavy (non-hydrogen) atoms. The van der Waals surface area contributed by atoms with Crippen molar-refractivity contribution in [2.75, 3.05) is 13.2 Å². The second-order valence-electron chi connectivity index (χ2n) is 6.70. The van der Waals surface area contributed by atoms with Gasteiger partial charge in [-0.2, -0.15) is 0 Å². The van der Waals surface area contributed by atoms with E-state index >= 15 is 0 Å². The van der Waals surface area contributed by atoms with Crippen molar-refractivity contribution in [3.63, 3.8) is 0 Å². The second kappa shape index (κ2) is 7.96. The first-order valence-electron chi connectivity index (χ1n) is 7.63.